The molecular formula is C9H8FN. The van der Waals surface area contributed by atoms with Crippen molar-refractivity contribution < 1.29 is 4.39 Å². The number of hydrogen-bond acceptors (Lipinski definition) is 1. The summed E-state index contributed by atoms with van der Waals surface area (Å²) in [5.41, 5.74) is 0.933. The summed E-state index contributed by atoms with van der Waals surface area (Å²) in [4.78, 5) is 3.64. The van der Waals surface area contributed by atoms with Crippen molar-refractivity contribution in [1.82, 2.24) is 0 Å². The highest BCUT2D eigenvalue weighted by Crippen LogP contribution is 2.21. The number of nitrogens with zero attached hydrogens (tertiary/aromatic N) is 1. The van der Waals surface area contributed by atoms with E-state index in [1.165, 1.54) is 12.1 Å². The van der Waals surface area contributed by atoms with E-state index in [0.29, 0.717) is 11.3 Å². The molecule has 0 saturated carbocycles. The lowest BCUT2D eigenvalue weighted by molar-refractivity contribution is 0.625. The van der Waals surface area contributed by atoms with E-state index in [1.54, 1.807) is 12.1 Å². The fourth-order valence-electron chi connectivity index (χ4n) is 0.866. The van der Waals surface area contributed by atoms with Crippen molar-refractivity contribution in [3.8, 4) is 0 Å². The van der Waals surface area contributed by atoms with Crippen LogP contribution in [0.4, 0.5) is 10.1 Å². The molecule has 0 spiro atoms. The molecule has 0 amide bonds. The molecule has 56 valence electrons. The number of benzene rings is 1. The van der Waals surface area contributed by atoms with Crippen LogP contribution in [0, 0.1) is 5.82 Å². The van der Waals surface area contributed by atoms with Gasteiger partial charge in [0.2, 0.25) is 0 Å². The van der Waals surface area contributed by atoms with Crippen LogP contribution in [0.2, 0.25) is 0 Å². The van der Waals surface area contributed by atoms with Crippen molar-refractivity contribution in [3.05, 3.63) is 36.2 Å². The van der Waals surface area contributed by atoms with E-state index < -0.39 is 0 Å². The van der Waals surface area contributed by atoms with Crippen LogP contribution >= 0.6 is 0 Å². The zero-order valence-electron chi connectivity index (χ0n) is 6.05. The molecule has 0 saturated heterocycles. The van der Waals surface area contributed by atoms with Crippen LogP contribution in [0.5, 0.6) is 0 Å². The van der Waals surface area contributed by atoms with Gasteiger partial charge in [0, 0.05) is 5.56 Å². The Morgan fingerprint density at radius 3 is 2.64 bits per heavy atom. The van der Waals surface area contributed by atoms with E-state index in [9.17, 15) is 4.39 Å². The van der Waals surface area contributed by atoms with Gasteiger partial charge in [-0.25, -0.2) is 4.39 Å². The van der Waals surface area contributed by atoms with Gasteiger partial charge < -0.3 is 0 Å². The van der Waals surface area contributed by atoms with Crippen LogP contribution in [0.25, 0.3) is 6.08 Å². The molecule has 1 rings (SSSR count). The van der Waals surface area contributed by atoms with Crippen molar-refractivity contribution in [2.45, 2.75) is 0 Å². The van der Waals surface area contributed by atoms with Crippen LogP contribution in [-0.4, -0.2) is 6.72 Å². The van der Waals surface area contributed by atoms with Crippen molar-refractivity contribution in [3.63, 3.8) is 0 Å². The van der Waals surface area contributed by atoms with Crippen molar-refractivity contribution >= 4 is 18.5 Å². The molecule has 0 aromatic heterocycles. The molecule has 1 aromatic rings. The zero-order chi connectivity index (χ0) is 8.27. The largest absolute Gasteiger partial charge is 0.264 e. The molecule has 1 aromatic carbocycles. The van der Waals surface area contributed by atoms with Crippen LogP contribution < -0.4 is 0 Å². The highest BCUT2D eigenvalue weighted by Gasteiger charge is 2.01. The Kier molecular flexibility index (Phi) is 2.16. The average molecular weight is 149 g/mol. The molecule has 0 unspecified atom stereocenters. The summed E-state index contributed by atoms with van der Waals surface area (Å²) >= 11 is 0. The van der Waals surface area contributed by atoms with E-state index in [4.69, 9.17) is 0 Å². The molecule has 0 atom stereocenters. The Balaban J connectivity index is 3.35. The summed E-state index contributed by atoms with van der Waals surface area (Å²) in [6, 6.07) is 4.64. The number of halogens is 1. The van der Waals surface area contributed by atoms with Gasteiger partial charge in [0.15, 0.2) is 0 Å². The van der Waals surface area contributed by atoms with Crippen LogP contribution in [-0.2, 0) is 0 Å². The monoisotopic (exact) mass is 149 g/mol. The van der Waals surface area contributed by atoms with Crippen molar-refractivity contribution in [1.29, 1.82) is 0 Å². The topological polar surface area (TPSA) is 12.4 Å². The maximum Gasteiger partial charge on any atom is 0.132 e. The molecule has 0 aliphatic rings. The lowest BCUT2D eigenvalue weighted by atomic mass is 10.1. The van der Waals surface area contributed by atoms with Crippen LogP contribution in [0.15, 0.2) is 29.8 Å². The Morgan fingerprint density at radius 1 is 1.45 bits per heavy atom. The molecule has 0 aliphatic heterocycles. The second-order valence-electron chi connectivity index (χ2n) is 2.03. The predicted octanol–water partition coefficient (Wildman–Crippen LogP) is 2.80. The number of rotatable bonds is 2. The van der Waals surface area contributed by atoms with Gasteiger partial charge in [-0.3, -0.25) is 4.99 Å². The maximum absolute atomic E-state index is 12.9. The second kappa shape index (κ2) is 3.10. The first kappa shape index (κ1) is 7.66. The van der Waals surface area contributed by atoms with Gasteiger partial charge >= 0.3 is 0 Å². The van der Waals surface area contributed by atoms with E-state index in [-0.39, 0.29) is 5.82 Å². The zero-order valence-corrected chi connectivity index (χ0v) is 6.05. The first-order chi connectivity index (χ1) is 5.29. The summed E-state index contributed by atoms with van der Waals surface area (Å²) in [6.45, 7) is 6.79. The molecule has 1 nitrogen and oxygen atoms in total. The molecule has 11 heavy (non-hydrogen) atoms. The lowest BCUT2D eigenvalue weighted by Gasteiger charge is -1.99. The summed E-state index contributed by atoms with van der Waals surface area (Å²) < 4.78 is 12.9. The third kappa shape index (κ3) is 1.34. The first-order valence-corrected chi connectivity index (χ1v) is 3.17. The van der Waals surface area contributed by atoms with Crippen LogP contribution in [0.1, 0.15) is 5.56 Å². The van der Waals surface area contributed by atoms with Gasteiger partial charge in [-0.15, -0.1) is 0 Å². The molecular weight excluding hydrogens is 141 g/mol. The molecule has 0 bridgehead atoms. The summed E-state index contributed by atoms with van der Waals surface area (Å²) in [7, 11) is 0. The van der Waals surface area contributed by atoms with Gasteiger partial charge in [0.25, 0.3) is 0 Å². The minimum absolute atomic E-state index is 0.315. The highest BCUT2D eigenvalue weighted by molar-refractivity contribution is 5.65. The second-order valence-corrected chi connectivity index (χ2v) is 2.03. The molecule has 0 aliphatic carbocycles. The number of aliphatic imine (C=N–C) groups is 1. The van der Waals surface area contributed by atoms with Crippen LogP contribution in [0.3, 0.4) is 0 Å². The Morgan fingerprint density at radius 2 is 2.18 bits per heavy atom. The Bertz CT molecular complexity index is 292. The summed E-state index contributed by atoms with van der Waals surface area (Å²) in [6.07, 6.45) is 1.43. The van der Waals surface area contributed by atoms with Gasteiger partial charge in [0.05, 0.1) is 5.69 Å². The molecule has 0 heterocycles. The van der Waals surface area contributed by atoms with Crippen molar-refractivity contribution in [2.75, 3.05) is 0 Å². The fourth-order valence-corrected chi connectivity index (χ4v) is 0.866. The summed E-state index contributed by atoms with van der Waals surface area (Å²) in [5.74, 6) is -0.315. The molecule has 0 fully saturated rings. The minimum atomic E-state index is -0.315. The predicted molar refractivity (Wildman–Crippen MR) is 45.7 cm³/mol. The lowest BCUT2D eigenvalue weighted by Crippen LogP contribution is -1.80. The fraction of sp³-hybridized carbons (Fsp3) is 0. The third-order valence-corrected chi connectivity index (χ3v) is 1.40. The third-order valence-electron chi connectivity index (χ3n) is 1.40. The molecule has 0 N–H and O–H groups in total. The standard InChI is InChI=1S/C9H8FN/c1-3-7-8(10)5-4-6-9(7)11-2/h3-6H,1-2H2. The van der Waals surface area contributed by atoms with E-state index in [2.05, 4.69) is 18.3 Å². The first-order valence-electron chi connectivity index (χ1n) is 3.17. The van der Waals surface area contributed by atoms with E-state index in [1.807, 2.05) is 0 Å². The normalized spacial score (nSPS) is 9.18. The van der Waals surface area contributed by atoms with Gasteiger partial charge in [0.1, 0.15) is 5.82 Å². The van der Waals surface area contributed by atoms with E-state index in [0.717, 1.165) is 0 Å². The van der Waals surface area contributed by atoms with Crippen molar-refractivity contribution in [2.24, 2.45) is 4.99 Å². The van der Waals surface area contributed by atoms with E-state index >= 15 is 0 Å². The summed E-state index contributed by atoms with van der Waals surface area (Å²) in [5, 5.41) is 0. The highest BCUT2D eigenvalue weighted by atomic mass is 19.1. The van der Waals surface area contributed by atoms with Gasteiger partial charge in [-0.1, -0.05) is 18.7 Å². The number of hydrogen-bond donors (Lipinski definition) is 0. The van der Waals surface area contributed by atoms with Gasteiger partial charge in [-0.05, 0) is 18.9 Å². The SMILES string of the molecule is C=Cc1c(F)cccc1N=C. The Hall–Kier alpha value is -1.44. The average Bonchev–Trinajstić information content (AvgIpc) is 2.04. The smallest absolute Gasteiger partial charge is 0.132 e. The molecule has 0 radical (unpaired) electrons. The molecule has 2 heteroatoms. The van der Waals surface area contributed by atoms with Gasteiger partial charge in [-0.2, -0.15) is 0 Å². The minimum Gasteiger partial charge on any atom is -0.264 e. The maximum atomic E-state index is 12.9. The Labute approximate surface area is 64.9 Å². The quantitative estimate of drug-likeness (QED) is 0.573.